The number of unbranched alkanes of at least 4 members (excludes halogenated alkanes) is 3. The molecule has 2 atom stereocenters. The molecule has 2 aromatic carbocycles. The van der Waals surface area contributed by atoms with E-state index in [1.807, 2.05) is 49.4 Å². The third-order valence-corrected chi connectivity index (χ3v) is 5.85. The highest BCUT2D eigenvalue weighted by molar-refractivity contribution is 7.83. The van der Waals surface area contributed by atoms with E-state index in [4.69, 9.17) is 0 Å². The number of hydrogen-bond donors (Lipinski definition) is 1. The second-order valence-electron chi connectivity index (χ2n) is 7.32. The fraction of sp³-hybridized carbons (Fsp3) is 0.360. The summed E-state index contributed by atoms with van der Waals surface area (Å²) in [6, 6.07) is 18.0. The molecular formula is C25H33NOS. The first-order valence-electron chi connectivity index (χ1n) is 10.2. The molecule has 0 aliphatic rings. The molecule has 2 unspecified atom stereocenters. The Hall–Kier alpha value is -1.97. The summed E-state index contributed by atoms with van der Waals surface area (Å²) in [5, 5.41) is 0. The Labute approximate surface area is 173 Å². The van der Waals surface area contributed by atoms with Crippen molar-refractivity contribution in [3.8, 4) is 0 Å². The molecule has 0 bridgehead atoms. The van der Waals surface area contributed by atoms with Crippen molar-refractivity contribution >= 4 is 17.1 Å². The van der Waals surface area contributed by atoms with Crippen LogP contribution in [0.3, 0.4) is 0 Å². The summed E-state index contributed by atoms with van der Waals surface area (Å²) >= 11 is 0. The Morgan fingerprint density at radius 2 is 1.75 bits per heavy atom. The molecule has 0 aliphatic carbocycles. The van der Waals surface area contributed by atoms with Crippen molar-refractivity contribution in [3.63, 3.8) is 0 Å². The summed E-state index contributed by atoms with van der Waals surface area (Å²) in [4.78, 5) is 0.803. The van der Waals surface area contributed by atoms with Crippen molar-refractivity contribution in [2.45, 2.75) is 63.8 Å². The molecule has 0 spiro atoms. The second kappa shape index (κ2) is 12.5. The zero-order chi connectivity index (χ0) is 20.2. The van der Waals surface area contributed by atoms with Gasteiger partial charge in [0.15, 0.2) is 0 Å². The van der Waals surface area contributed by atoms with E-state index in [1.54, 1.807) is 0 Å². The SMILES string of the molecule is CCCCCC/C(C)=C/C(/C=C/c1ccccc1)NS(=O)c1ccc(C)cc1. The van der Waals surface area contributed by atoms with E-state index in [0.29, 0.717) is 0 Å². The average molecular weight is 396 g/mol. The lowest BCUT2D eigenvalue weighted by molar-refractivity contribution is 0.659. The standard InChI is InChI=1S/C25H33NOS/c1-4-5-6-8-11-22(3)20-24(17-16-23-12-9-7-10-13-23)26-28(27)25-18-14-21(2)15-19-25/h7,9-10,12-20,24,26H,4-6,8,11H2,1-3H3/b17-16+,22-20+. The van der Waals surface area contributed by atoms with Gasteiger partial charge in [0.2, 0.25) is 0 Å². The first kappa shape index (κ1) is 22.3. The molecule has 2 aromatic rings. The fourth-order valence-electron chi connectivity index (χ4n) is 2.98. The van der Waals surface area contributed by atoms with E-state index < -0.39 is 11.0 Å². The summed E-state index contributed by atoms with van der Waals surface area (Å²) in [6.45, 7) is 6.44. The van der Waals surface area contributed by atoms with Crippen LogP contribution in [0.15, 0.2) is 77.2 Å². The largest absolute Gasteiger partial charge is 0.237 e. The third kappa shape index (κ3) is 8.37. The van der Waals surface area contributed by atoms with Gasteiger partial charge in [0.1, 0.15) is 11.0 Å². The number of aryl methyl sites for hydroxylation is 1. The van der Waals surface area contributed by atoms with Crippen LogP contribution in [0.4, 0.5) is 0 Å². The number of nitrogens with one attached hydrogen (secondary N) is 1. The van der Waals surface area contributed by atoms with Gasteiger partial charge in [-0.1, -0.05) is 98.0 Å². The molecular weight excluding hydrogens is 362 g/mol. The molecule has 0 fully saturated rings. The van der Waals surface area contributed by atoms with E-state index >= 15 is 0 Å². The second-order valence-corrected chi connectivity index (χ2v) is 8.56. The molecule has 2 rings (SSSR count). The Balaban J connectivity index is 2.09. The molecule has 0 aromatic heterocycles. The van der Waals surface area contributed by atoms with Crippen molar-refractivity contribution in [3.05, 3.63) is 83.4 Å². The molecule has 2 nitrogen and oxygen atoms in total. The van der Waals surface area contributed by atoms with Crippen LogP contribution >= 0.6 is 0 Å². The maximum absolute atomic E-state index is 12.8. The maximum atomic E-state index is 12.8. The highest BCUT2D eigenvalue weighted by Gasteiger charge is 2.09. The summed E-state index contributed by atoms with van der Waals surface area (Å²) in [7, 11) is -1.25. The molecule has 3 heteroatoms. The predicted octanol–water partition coefficient (Wildman–Crippen LogP) is 6.61. The van der Waals surface area contributed by atoms with Crippen molar-refractivity contribution in [1.29, 1.82) is 0 Å². The highest BCUT2D eigenvalue weighted by atomic mass is 32.2. The summed E-state index contributed by atoms with van der Waals surface area (Å²) < 4.78 is 16.1. The molecule has 0 radical (unpaired) electrons. The van der Waals surface area contributed by atoms with Crippen molar-refractivity contribution in [2.24, 2.45) is 0 Å². The zero-order valence-electron chi connectivity index (χ0n) is 17.4. The van der Waals surface area contributed by atoms with Gasteiger partial charge in [-0.3, -0.25) is 0 Å². The van der Waals surface area contributed by atoms with E-state index in [9.17, 15) is 4.21 Å². The first-order valence-corrected chi connectivity index (χ1v) is 11.4. The van der Waals surface area contributed by atoms with Gasteiger partial charge in [0.25, 0.3) is 0 Å². The van der Waals surface area contributed by atoms with Crippen LogP contribution in [0.1, 0.15) is 57.1 Å². The van der Waals surface area contributed by atoms with Crippen LogP contribution in [0.2, 0.25) is 0 Å². The van der Waals surface area contributed by atoms with Crippen molar-refractivity contribution < 1.29 is 4.21 Å². The number of allylic oxidation sites excluding steroid dienone is 1. The lowest BCUT2D eigenvalue weighted by atomic mass is 10.1. The molecule has 0 heterocycles. The Morgan fingerprint density at radius 3 is 2.43 bits per heavy atom. The van der Waals surface area contributed by atoms with Crippen molar-refractivity contribution in [2.75, 3.05) is 0 Å². The molecule has 0 amide bonds. The number of benzene rings is 2. The Morgan fingerprint density at radius 1 is 1.04 bits per heavy atom. The molecule has 0 aliphatic heterocycles. The molecule has 1 N–H and O–H groups in total. The van der Waals surface area contributed by atoms with Gasteiger partial charge in [-0.15, -0.1) is 0 Å². The number of hydrogen-bond acceptors (Lipinski definition) is 1. The Bertz CT molecular complexity index is 778. The minimum Gasteiger partial charge on any atom is -0.237 e. The smallest absolute Gasteiger partial charge is 0.125 e. The summed E-state index contributed by atoms with van der Waals surface area (Å²) in [5.41, 5.74) is 3.65. The van der Waals surface area contributed by atoms with Crippen LogP contribution in [0, 0.1) is 6.92 Å². The Kier molecular flexibility index (Phi) is 9.95. The van der Waals surface area contributed by atoms with Crippen LogP contribution in [-0.4, -0.2) is 10.3 Å². The monoisotopic (exact) mass is 395 g/mol. The van der Waals surface area contributed by atoms with Gasteiger partial charge in [-0.05, 0) is 44.4 Å². The molecule has 0 saturated heterocycles. The van der Waals surface area contributed by atoms with Gasteiger partial charge in [0, 0.05) is 0 Å². The zero-order valence-corrected chi connectivity index (χ0v) is 18.2. The first-order chi connectivity index (χ1) is 13.6. The summed E-state index contributed by atoms with van der Waals surface area (Å²) in [6.07, 6.45) is 12.5. The van der Waals surface area contributed by atoms with Gasteiger partial charge >= 0.3 is 0 Å². The van der Waals surface area contributed by atoms with E-state index in [1.165, 1.54) is 36.8 Å². The number of rotatable bonds is 11. The van der Waals surface area contributed by atoms with Gasteiger partial charge in [-0.25, -0.2) is 8.93 Å². The van der Waals surface area contributed by atoms with Crippen LogP contribution < -0.4 is 4.72 Å². The fourth-order valence-corrected chi connectivity index (χ4v) is 3.89. The highest BCUT2D eigenvalue weighted by Crippen LogP contribution is 2.13. The van der Waals surface area contributed by atoms with Gasteiger partial charge < -0.3 is 0 Å². The van der Waals surface area contributed by atoms with Crippen LogP contribution in [0.25, 0.3) is 6.08 Å². The van der Waals surface area contributed by atoms with E-state index in [-0.39, 0.29) is 6.04 Å². The minimum absolute atomic E-state index is 0.0754. The predicted molar refractivity (Wildman–Crippen MR) is 123 cm³/mol. The van der Waals surface area contributed by atoms with Gasteiger partial charge in [0.05, 0.1) is 10.9 Å². The summed E-state index contributed by atoms with van der Waals surface area (Å²) in [5.74, 6) is 0. The minimum atomic E-state index is -1.25. The molecule has 150 valence electrons. The van der Waals surface area contributed by atoms with Crippen LogP contribution in [0.5, 0.6) is 0 Å². The quantitative estimate of drug-likeness (QED) is 0.337. The van der Waals surface area contributed by atoms with E-state index in [2.05, 4.69) is 48.9 Å². The normalized spacial score (nSPS) is 14.3. The average Bonchev–Trinajstić information content (AvgIpc) is 2.70. The van der Waals surface area contributed by atoms with Crippen LogP contribution in [-0.2, 0) is 11.0 Å². The lowest BCUT2D eigenvalue weighted by Gasteiger charge is -2.13. The van der Waals surface area contributed by atoms with E-state index in [0.717, 1.165) is 16.9 Å². The molecule has 28 heavy (non-hydrogen) atoms. The van der Waals surface area contributed by atoms with Gasteiger partial charge in [-0.2, -0.15) is 0 Å². The topological polar surface area (TPSA) is 29.1 Å². The van der Waals surface area contributed by atoms with Crippen molar-refractivity contribution in [1.82, 2.24) is 4.72 Å². The third-order valence-electron chi connectivity index (χ3n) is 4.66. The maximum Gasteiger partial charge on any atom is 0.125 e. The molecule has 0 saturated carbocycles. The lowest BCUT2D eigenvalue weighted by Crippen LogP contribution is -2.27.